The van der Waals surface area contributed by atoms with Gasteiger partial charge in [0.15, 0.2) is 0 Å². The van der Waals surface area contributed by atoms with E-state index in [1.807, 2.05) is 43.0 Å². The van der Waals surface area contributed by atoms with Crippen LogP contribution in [0.2, 0.25) is 0 Å². The second-order valence-corrected chi connectivity index (χ2v) is 6.49. The predicted molar refractivity (Wildman–Crippen MR) is 88.7 cm³/mol. The van der Waals surface area contributed by atoms with Crippen LogP contribution in [-0.4, -0.2) is 21.0 Å². The molecule has 22 heavy (non-hydrogen) atoms. The van der Waals surface area contributed by atoms with E-state index in [0.717, 1.165) is 44.1 Å². The summed E-state index contributed by atoms with van der Waals surface area (Å²) in [6.07, 6.45) is 6.81. The van der Waals surface area contributed by atoms with E-state index in [-0.39, 0.29) is 0 Å². The summed E-state index contributed by atoms with van der Waals surface area (Å²) < 4.78 is 7.86. The molecule has 0 spiro atoms. The summed E-state index contributed by atoms with van der Waals surface area (Å²) >= 11 is 1.81. The fourth-order valence-corrected chi connectivity index (χ4v) is 3.27. The first-order valence-corrected chi connectivity index (χ1v) is 8.43. The number of nitrogens with zero attached hydrogens (tertiary/aromatic N) is 3. The van der Waals surface area contributed by atoms with Crippen LogP contribution in [0.15, 0.2) is 52.8 Å². The minimum absolute atomic E-state index is 0.857. The van der Waals surface area contributed by atoms with Crippen molar-refractivity contribution in [3.05, 3.63) is 64.8 Å². The lowest BCUT2D eigenvalue weighted by molar-refractivity contribution is 0.229. The summed E-state index contributed by atoms with van der Waals surface area (Å²) in [5.41, 5.74) is 0. The van der Waals surface area contributed by atoms with Crippen molar-refractivity contribution >= 4 is 11.3 Å². The van der Waals surface area contributed by atoms with Crippen molar-refractivity contribution in [1.29, 1.82) is 0 Å². The van der Waals surface area contributed by atoms with Crippen LogP contribution < -0.4 is 0 Å². The fourth-order valence-electron chi connectivity index (χ4n) is 2.52. The van der Waals surface area contributed by atoms with Crippen LogP contribution in [-0.2, 0) is 19.6 Å². The fraction of sp³-hybridized carbons (Fsp3) is 0.353. The van der Waals surface area contributed by atoms with Crippen LogP contribution in [0, 0.1) is 6.92 Å². The Bertz CT molecular complexity index is 658. The second-order valence-electron chi connectivity index (χ2n) is 5.46. The molecule has 0 radical (unpaired) electrons. The Morgan fingerprint density at radius 2 is 2.23 bits per heavy atom. The number of aromatic nitrogens is 2. The molecule has 0 atom stereocenters. The van der Waals surface area contributed by atoms with Crippen LogP contribution in [0.5, 0.6) is 0 Å². The number of imidazole rings is 1. The normalized spacial score (nSPS) is 11.4. The molecule has 0 amide bonds. The van der Waals surface area contributed by atoms with Crippen LogP contribution >= 0.6 is 11.3 Å². The highest BCUT2D eigenvalue weighted by Gasteiger charge is 2.10. The molecule has 0 aliphatic heterocycles. The molecule has 0 N–H and O–H groups in total. The zero-order chi connectivity index (χ0) is 15.2. The zero-order valence-corrected chi connectivity index (χ0v) is 13.6. The van der Waals surface area contributed by atoms with Crippen molar-refractivity contribution in [1.82, 2.24) is 14.5 Å². The lowest BCUT2D eigenvalue weighted by Gasteiger charge is -2.20. The van der Waals surface area contributed by atoms with E-state index in [4.69, 9.17) is 4.42 Å². The summed E-state index contributed by atoms with van der Waals surface area (Å²) in [4.78, 5) is 7.93. The predicted octanol–water partition coefficient (Wildman–Crippen LogP) is 3.94. The topological polar surface area (TPSA) is 34.2 Å². The number of hydrogen-bond donors (Lipinski definition) is 0. The van der Waals surface area contributed by atoms with Gasteiger partial charge in [0.1, 0.15) is 11.5 Å². The number of hydrogen-bond acceptors (Lipinski definition) is 4. The van der Waals surface area contributed by atoms with Gasteiger partial charge in [-0.2, -0.15) is 0 Å². The monoisotopic (exact) mass is 315 g/mol. The molecule has 116 valence electrons. The number of rotatable bonds is 8. The van der Waals surface area contributed by atoms with Gasteiger partial charge in [-0.1, -0.05) is 6.07 Å². The van der Waals surface area contributed by atoms with E-state index in [0.29, 0.717) is 0 Å². The lowest BCUT2D eigenvalue weighted by atomic mass is 10.3. The van der Waals surface area contributed by atoms with Crippen molar-refractivity contribution < 1.29 is 4.42 Å². The first-order valence-electron chi connectivity index (χ1n) is 7.55. The van der Waals surface area contributed by atoms with Crippen LogP contribution in [0.1, 0.15) is 22.8 Å². The van der Waals surface area contributed by atoms with E-state index >= 15 is 0 Å². The van der Waals surface area contributed by atoms with Gasteiger partial charge in [0, 0.05) is 36.9 Å². The molecule has 0 aliphatic rings. The smallest absolute Gasteiger partial charge is 0.118 e. The first kappa shape index (κ1) is 15.1. The molecule has 4 nitrogen and oxygen atoms in total. The van der Waals surface area contributed by atoms with Gasteiger partial charge in [0.05, 0.1) is 12.9 Å². The van der Waals surface area contributed by atoms with Crippen molar-refractivity contribution in [3.63, 3.8) is 0 Å². The third-order valence-corrected chi connectivity index (χ3v) is 4.45. The van der Waals surface area contributed by atoms with Gasteiger partial charge in [-0.15, -0.1) is 11.3 Å². The van der Waals surface area contributed by atoms with Gasteiger partial charge in [-0.25, -0.2) is 4.98 Å². The third kappa shape index (κ3) is 4.32. The first-order chi connectivity index (χ1) is 10.8. The summed E-state index contributed by atoms with van der Waals surface area (Å²) in [5, 5.41) is 2.13. The number of furan rings is 1. The van der Waals surface area contributed by atoms with Gasteiger partial charge in [-0.05, 0) is 36.9 Å². The van der Waals surface area contributed by atoms with Crippen LogP contribution in [0.3, 0.4) is 0 Å². The Kier molecular flexibility index (Phi) is 5.08. The third-order valence-electron chi connectivity index (χ3n) is 3.58. The SMILES string of the molecule is Cc1ccc(CN(CCCn2ccnc2)Cc2cccs2)o1. The molecule has 0 saturated heterocycles. The molecule has 3 heterocycles. The van der Waals surface area contributed by atoms with Crippen LogP contribution in [0.4, 0.5) is 0 Å². The highest BCUT2D eigenvalue weighted by atomic mass is 32.1. The number of aryl methyl sites for hydroxylation is 2. The van der Waals surface area contributed by atoms with Crippen molar-refractivity contribution in [2.75, 3.05) is 6.54 Å². The Hall–Kier alpha value is -1.85. The highest BCUT2D eigenvalue weighted by molar-refractivity contribution is 7.09. The van der Waals surface area contributed by atoms with Gasteiger partial charge in [0.25, 0.3) is 0 Å². The maximum absolute atomic E-state index is 5.73. The van der Waals surface area contributed by atoms with E-state index in [2.05, 4.69) is 38.0 Å². The molecule has 3 aromatic heterocycles. The van der Waals surface area contributed by atoms with Gasteiger partial charge >= 0.3 is 0 Å². The van der Waals surface area contributed by atoms with Crippen molar-refractivity contribution in [2.24, 2.45) is 0 Å². The molecule has 5 heteroatoms. The molecule has 3 aromatic rings. The van der Waals surface area contributed by atoms with E-state index in [9.17, 15) is 0 Å². The molecule has 0 bridgehead atoms. The number of thiophene rings is 1. The summed E-state index contributed by atoms with van der Waals surface area (Å²) in [5.74, 6) is 2.01. The highest BCUT2D eigenvalue weighted by Crippen LogP contribution is 2.16. The maximum atomic E-state index is 5.73. The molecule has 0 unspecified atom stereocenters. The minimum atomic E-state index is 0.857. The standard InChI is InChI=1S/C17H21N3OS/c1-15-5-6-16(21-15)12-20(13-17-4-2-11-22-17)9-3-8-19-10-7-18-14-19/h2,4-7,10-11,14H,3,8-9,12-13H2,1H3. The quantitative estimate of drug-likeness (QED) is 0.631. The molecule has 0 fully saturated rings. The van der Waals surface area contributed by atoms with Crippen molar-refractivity contribution in [2.45, 2.75) is 33.0 Å². The molecular weight excluding hydrogens is 294 g/mol. The Labute approximate surface area is 135 Å². The average molecular weight is 315 g/mol. The minimum Gasteiger partial charge on any atom is -0.465 e. The molecule has 0 saturated carbocycles. The molecule has 3 rings (SSSR count). The Balaban J connectivity index is 1.57. The van der Waals surface area contributed by atoms with Gasteiger partial charge in [-0.3, -0.25) is 4.90 Å². The summed E-state index contributed by atoms with van der Waals surface area (Å²) in [6.45, 7) is 5.86. The Morgan fingerprint density at radius 1 is 1.27 bits per heavy atom. The van der Waals surface area contributed by atoms with Crippen LogP contribution in [0.25, 0.3) is 0 Å². The maximum Gasteiger partial charge on any atom is 0.118 e. The summed E-state index contributed by atoms with van der Waals surface area (Å²) in [7, 11) is 0. The molecule has 0 aliphatic carbocycles. The van der Waals surface area contributed by atoms with E-state index < -0.39 is 0 Å². The average Bonchev–Trinajstić information content (AvgIpc) is 3.22. The second kappa shape index (κ2) is 7.42. The Morgan fingerprint density at radius 3 is 2.91 bits per heavy atom. The van der Waals surface area contributed by atoms with Gasteiger partial charge in [0.2, 0.25) is 0 Å². The van der Waals surface area contributed by atoms with Gasteiger partial charge < -0.3 is 8.98 Å². The van der Waals surface area contributed by atoms with E-state index in [1.54, 1.807) is 0 Å². The molecule has 0 aromatic carbocycles. The largest absolute Gasteiger partial charge is 0.465 e. The van der Waals surface area contributed by atoms with Crippen molar-refractivity contribution in [3.8, 4) is 0 Å². The van der Waals surface area contributed by atoms with E-state index in [1.165, 1.54) is 4.88 Å². The lowest BCUT2D eigenvalue weighted by Crippen LogP contribution is -2.24. The molecular formula is C17H21N3OS. The zero-order valence-electron chi connectivity index (χ0n) is 12.8. The summed E-state index contributed by atoms with van der Waals surface area (Å²) in [6, 6.07) is 8.42.